The molecule has 6 heteroatoms. The molecule has 0 bridgehead atoms. The van der Waals surface area contributed by atoms with Crippen molar-refractivity contribution in [3.63, 3.8) is 0 Å². The smallest absolute Gasteiger partial charge is 0.237 e. The maximum absolute atomic E-state index is 12.8. The van der Waals surface area contributed by atoms with Gasteiger partial charge in [0.1, 0.15) is 0 Å². The SMILES string of the molecule is C[C@H]1Cc2ccccc2N1C(=O)CSc1nnc(-c2ccccc2)n1C. The molecule has 1 aliphatic rings. The number of amides is 1. The van der Waals surface area contributed by atoms with Crippen molar-refractivity contribution in [3.8, 4) is 11.4 Å². The van der Waals surface area contributed by atoms with Gasteiger partial charge in [-0.15, -0.1) is 10.2 Å². The molecule has 0 N–H and O–H groups in total. The van der Waals surface area contributed by atoms with Gasteiger partial charge in [-0.05, 0) is 25.0 Å². The van der Waals surface area contributed by atoms with Gasteiger partial charge in [0.25, 0.3) is 0 Å². The molecule has 1 atom stereocenters. The normalized spacial score (nSPS) is 15.9. The number of carbonyl (C=O) groups excluding carboxylic acids is 1. The zero-order valence-electron chi connectivity index (χ0n) is 14.8. The predicted octanol–water partition coefficient (Wildman–Crippen LogP) is 3.55. The van der Waals surface area contributed by atoms with Crippen molar-refractivity contribution in [2.24, 2.45) is 7.05 Å². The Morgan fingerprint density at radius 2 is 1.85 bits per heavy atom. The van der Waals surface area contributed by atoms with Crippen LogP contribution in [0.2, 0.25) is 0 Å². The zero-order chi connectivity index (χ0) is 18.1. The Balaban J connectivity index is 1.48. The summed E-state index contributed by atoms with van der Waals surface area (Å²) in [5.41, 5.74) is 3.29. The average Bonchev–Trinajstić information content (AvgIpc) is 3.19. The maximum atomic E-state index is 12.8. The highest BCUT2D eigenvalue weighted by Gasteiger charge is 2.30. The van der Waals surface area contributed by atoms with Gasteiger partial charge >= 0.3 is 0 Å². The van der Waals surface area contributed by atoms with Gasteiger partial charge in [0.15, 0.2) is 11.0 Å². The van der Waals surface area contributed by atoms with Crippen LogP contribution in [0.4, 0.5) is 5.69 Å². The minimum Gasteiger partial charge on any atom is -0.308 e. The molecule has 2 aromatic carbocycles. The van der Waals surface area contributed by atoms with E-state index >= 15 is 0 Å². The van der Waals surface area contributed by atoms with E-state index in [0.29, 0.717) is 5.75 Å². The van der Waals surface area contributed by atoms with Crippen molar-refractivity contribution in [2.45, 2.75) is 24.5 Å². The molecular weight excluding hydrogens is 344 g/mol. The topological polar surface area (TPSA) is 51.0 Å². The number of hydrogen-bond acceptors (Lipinski definition) is 4. The second kappa shape index (κ2) is 6.96. The van der Waals surface area contributed by atoms with Crippen LogP contribution in [0.1, 0.15) is 12.5 Å². The third-order valence-electron chi connectivity index (χ3n) is 4.67. The Morgan fingerprint density at radius 1 is 1.12 bits per heavy atom. The molecule has 26 heavy (non-hydrogen) atoms. The van der Waals surface area contributed by atoms with E-state index < -0.39 is 0 Å². The Kier molecular flexibility index (Phi) is 4.51. The van der Waals surface area contributed by atoms with Crippen LogP contribution in [0.3, 0.4) is 0 Å². The monoisotopic (exact) mass is 364 g/mol. The molecule has 0 radical (unpaired) electrons. The fourth-order valence-corrected chi connectivity index (χ4v) is 4.19. The van der Waals surface area contributed by atoms with Gasteiger partial charge in [0, 0.05) is 24.3 Å². The van der Waals surface area contributed by atoms with Gasteiger partial charge in [0.2, 0.25) is 5.91 Å². The van der Waals surface area contributed by atoms with Crippen LogP contribution in [0.5, 0.6) is 0 Å². The molecule has 0 fully saturated rings. The predicted molar refractivity (Wildman–Crippen MR) is 104 cm³/mol. The molecule has 1 aliphatic heterocycles. The number of para-hydroxylation sites is 1. The highest BCUT2D eigenvalue weighted by atomic mass is 32.2. The van der Waals surface area contributed by atoms with E-state index in [4.69, 9.17) is 0 Å². The number of thioether (sulfide) groups is 1. The van der Waals surface area contributed by atoms with Gasteiger partial charge in [-0.3, -0.25) is 4.79 Å². The first-order chi connectivity index (χ1) is 12.6. The molecule has 0 spiro atoms. The van der Waals surface area contributed by atoms with E-state index in [0.717, 1.165) is 28.7 Å². The summed E-state index contributed by atoms with van der Waals surface area (Å²) in [6.07, 6.45) is 0.911. The number of benzene rings is 2. The zero-order valence-corrected chi connectivity index (χ0v) is 15.6. The molecule has 132 valence electrons. The molecule has 0 saturated carbocycles. The van der Waals surface area contributed by atoms with Crippen molar-refractivity contribution in [1.29, 1.82) is 0 Å². The van der Waals surface area contributed by atoms with Crippen LogP contribution in [-0.2, 0) is 18.3 Å². The van der Waals surface area contributed by atoms with Crippen LogP contribution in [0.25, 0.3) is 11.4 Å². The first kappa shape index (κ1) is 16.8. The van der Waals surface area contributed by atoms with Gasteiger partial charge in [0.05, 0.1) is 5.75 Å². The van der Waals surface area contributed by atoms with Crippen LogP contribution in [0, 0.1) is 0 Å². The first-order valence-corrected chi connectivity index (χ1v) is 9.61. The Morgan fingerprint density at radius 3 is 2.65 bits per heavy atom. The van der Waals surface area contributed by atoms with E-state index in [9.17, 15) is 4.79 Å². The molecule has 5 nitrogen and oxygen atoms in total. The van der Waals surface area contributed by atoms with Crippen molar-refractivity contribution in [1.82, 2.24) is 14.8 Å². The first-order valence-electron chi connectivity index (χ1n) is 8.62. The summed E-state index contributed by atoms with van der Waals surface area (Å²) >= 11 is 1.43. The number of nitrogens with zero attached hydrogens (tertiary/aromatic N) is 4. The Labute approximate surface area is 157 Å². The summed E-state index contributed by atoms with van der Waals surface area (Å²) in [6.45, 7) is 2.10. The lowest BCUT2D eigenvalue weighted by molar-refractivity contribution is -0.116. The van der Waals surface area contributed by atoms with E-state index in [2.05, 4.69) is 23.2 Å². The van der Waals surface area contributed by atoms with Gasteiger partial charge in [-0.25, -0.2) is 0 Å². The fourth-order valence-electron chi connectivity index (χ4n) is 3.42. The lowest BCUT2D eigenvalue weighted by Crippen LogP contribution is -2.37. The minimum absolute atomic E-state index is 0.108. The van der Waals surface area contributed by atoms with Crippen LogP contribution >= 0.6 is 11.8 Å². The van der Waals surface area contributed by atoms with Crippen molar-refractivity contribution in [2.75, 3.05) is 10.7 Å². The summed E-state index contributed by atoms with van der Waals surface area (Å²) in [5.74, 6) is 1.26. The van der Waals surface area contributed by atoms with E-state index in [1.165, 1.54) is 17.3 Å². The molecule has 4 rings (SSSR count). The van der Waals surface area contributed by atoms with Crippen LogP contribution in [-0.4, -0.2) is 32.5 Å². The number of rotatable bonds is 4. The van der Waals surface area contributed by atoms with Crippen LogP contribution < -0.4 is 4.90 Å². The average molecular weight is 364 g/mol. The van der Waals surface area contributed by atoms with Crippen molar-refractivity contribution < 1.29 is 4.79 Å². The molecule has 1 amide bonds. The summed E-state index contributed by atoms with van der Waals surface area (Å²) in [5, 5.41) is 9.29. The Hall–Kier alpha value is -2.60. The molecule has 0 aliphatic carbocycles. The largest absolute Gasteiger partial charge is 0.308 e. The van der Waals surface area contributed by atoms with Gasteiger partial charge in [-0.1, -0.05) is 60.3 Å². The van der Waals surface area contributed by atoms with E-state index in [-0.39, 0.29) is 11.9 Å². The van der Waals surface area contributed by atoms with Gasteiger partial charge < -0.3 is 9.47 Å². The van der Waals surface area contributed by atoms with Gasteiger partial charge in [-0.2, -0.15) is 0 Å². The summed E-state index contributed by atoms with van der Waals surface area (Å²) in [4.78, 5) is 14.7. The third kappa shape index (κ3) is 3.01. The lowest BCUT2D eigenvalue weighted by atomic mass is 10.1. The molecule has 0 saturated heterocycles. The highest BCUT2D eigenvalue weighted by molar-refractivity contribution is 7.99. The second-order valence-corrected chi connectivity index (χ2v) is 7.41. The Bertz CT molecular complexity index is 938. The number of aromatic nitrogens is 3. The summed E-state index contributed by atoms with van der Waals surface area (Å²) in [6, 6.07) is 18.3. The molecular formula is C20H20N4OS. The van der Waals surface area contributed by atoms with E-state index in [1.54, 1.807) is 0 Å². The van der Waals surface area contributed by atoms with Crippen molar-refractivity contribution in [3.05, 3.63) is 60.2 Å². The van der Waals surface area contributed by atoms with Crippen LogP contribution in [0.15, 0.2) is 59.8 Å². The number of carbonyl (C=O) groups is 1. The number of fused-ring (bicyclic) bond motifs is 1. The minimum atomic E-state index is 0.108. The fraction of sp³-hybridized carbons (Fsp3) is 0.250. The standard InChI is InChI=1S/C20H20N4OS/c1-14-12-16-10-6-7-11-17(16)24(14)18(25)13-26-20-22-21-19(23(20)2)15-8-4-3-5-9-15/h3-11,14H,12-13H2,1-2H3/t14-/m0/s1. The molecule has 0 unspecified atom stereocenters. The maximum Gasteiger partial charge on any atom is 0.237 e. The number of anilines is 1. The lowest BCUT2D eigenvalue weighted by Gasteiger charge is -2.22. The quantitative estimate of drug-likeness (QED) is 0.664. The van der Waals surface area contributed by atoms with E-state index in [1.807, 2.05) is 65.0 Å². The summed E-state index contributed by atoms with van der Waals surface area (Å²) < 4.78 is 1.94. The highest BCUT2D eigenvalue weighted by Crippen LogP contribution is 2.33. The summed E-state index contributed by atoms with van der Waals surface area (Å²) in [7, 11) is 1.93. The molecule has 2 heterocycles. The molecule has 1 aromatic heterocycles. The second-order valence-electron chi connectivity index (χ2n) is 6.47. The third-order valence-corrected chi connectivity index (χ3v) is 5.67. The molecule has 3 aromatic rings. The number of hydrogen-bond donors (Lipinski definition) is 0. The van der Waals surface area contributed by atoms with Crippen molar-refractivity contribution >= 4 is 23.4 Å².